The molecule has 0 radical (unpaired) electrons. The van der Waals surface area contributed by atoms with Crippen molar-refractivity contribution in [3.63, 3.8) is 0 Å². The molecule has 0 amide bonds. The molecule has 0 fully saturated rings. The standard InChI is InChI=1S/C12H23N3OS/c1-5-10(4)17-8-11-14-12(16-15-11)9(3)7-13-6-2/h9-10,13H,5-8H2,1-4H3. The second-order valence-corrected chi connectivity index (χ2v) is 5.71. The molecule has 4 nitrogen and oxygen atoms in total. The van der Waals surface area contributed by atoms with E-state index in [1.54, 1.807) is 0 Å². The number of nitrogens with one attached hydrogen (secondary N) is 1. The van der Waals surface area contributed by atoms with Gasteiger partial charge >= 0.3 is 0 Å². The zero-order valence-corrected chi connectivity index (χ0v) is 12.0. The van der Waals surface area contributed by atoms with E-state index in [1.807, 2.05) is 11.8 Å². The third-order valence-corrected chi connectivity index (χ3v) is 4.00. The van der Waals surface area contributed by atoms with Crippen LogP contribution >= 0.6 is 11.8 Å². The molecule has 0 saturated heterocycles. The smallest absolute Gasteiger partial charge is 0.230 e. The van der Waals surface area contributed by atoms with E-state index in [-0.39, 0.29) is 5.92 Å². The third-order valence-electron chi connectivity index (χ3n) is 2.68. The Morgan fingerprint density at radius 3 is 2.76 bits per heavy atom. The fraction of sp³-hybridized carbons (Fsp3) is 0.833. The summed E-state index contributed by atoms with van der Waals surface area (Å²) < 4.78 is 5.27. The fourth-order valence-corrected chi connectivity index (χ4v) is 2.10. The minimum atomic E-state index is 0.282. The number of hydrogen-bond acceptors (Lipinski definition) is 5. The first-order valence-electron chi connectivity index (χ1n) is 6.32. The molecule has 0 aliphatic carbocycles. The minimum absolute atomic E-state index is 0.282. The second kappa shape index (κ2) is 7.71. The van der Waals surface area contributed by atoms with Crippen LogP contribution in [-0.2, 0) is 5.75 Å². The largest absolute Gasteiger partial charge is 0.339 e. The van der Waals surface area contributed by atoms with E-state index in [2.05, 4.69) is 43.2 Å². The number of rotatable bonds is 8. The molecule has 0 aliphatic heterocycles. The molecule has 2 unspecified atom stereocenters. The quantitative estimate of drug-likeness (QED) is 0.776. The van der Waals surface area contributed by atoms with E-state index in [1.165, 1.54) is 6.42 Å². The average molecular weight is 257 g/mol. The summed E-state index contributed by atoms with van der Waals surface area (Å²) in [5.74, 6) is 2.68. The highest BCUT2D eigenvalue weighted by Crippen LogP contribution is 2.19. The molecule has 0 spiro atoms. The van der Waals surface area contributed by atoms with Crippen LogP contribution in [0.2, 0.25) is 0 Å². The summed E-state index contributed by atoms with van der Waals surface area (Å²) in [6, 6.07) is 0. The Hall–Kier alpha value is -0.550. The van der Waals surface area contributed by atoms with Crippen molar-refractivity contribution in [1.29, 1.82) is 0 Å². The molecule has 1 aromatic heterocycles. The highest BCUT2D eigenvalue weighted by Gasteiger charge is 2.14. The molecular weight excluding hydrogens is 234 g/mol. The van der Waals surface area contributed by atoms with Gasteiger partial charge in [0.1, 0.15) is 0 Å². The highest BCUT2D eigenvalue weighted by molar-refractivity contribution is 7.99. The monoisotopic (exact) mass is 257 g/mol. The van der Waals surface area contributed by atoms with E-state index < -0.39 is 0 Å². The fourth-order valence-electron chi connectivity index (χ4n) is 1.31. The van der Waals surface area contributed by atoms with Crippen LogP contribution in [0.5, 0.6) is 0 Å². The van der Waals surface area contributed by atoms with Gasteiger partial charge in [0.25, 0.3) is 0 Å². The Morgan fingerprint density at radius 2 is 2.12 bits per heavy atom. The van der Waals surface area contributed by atoms with Crippen LogP contribution in [0.1, 0.15) is 51.7 Å². The Morgan fingerprint density at radius 1 is 1.35 bits per heavy atom. The maximum absolute atomic E-state index is 5.27. The van der Waals surface area contributed by atoms with Gasteiger partial charge in [0.2, 0.25) is 5.89 Å². The SMILES string of the molecule is CCNCC(C)c1nc(CSC(C)CC)no1. The Balaban J connectivity index is 2.41. The molecule has 17 heavy (non-hydrogen) atoms. The van der Waals surface area contributed by atoms with Crippen LogP contribution in [0, 0.1) is 0 Å². The average Bonchev–Trinajstić information content (AvgIpc) is 2.81. The van der Waals surface area contributed by atoms with Gasteiger partial charge in [-0.15, -0.1) is 0 Å². The molecule has 1 N–H and O–H groups in total. The van der Waals surface area contributed by atoms with Crippen molar-refractivity contribution in [1.82, 2.24) is 15.5 Å². The van der Waals surface area contributed by atoms with Crippen LogP contribution in [-0.4, -0.2) is 28.5 Å². The number of nitrogens with zero attached hydrogens (tertiary/aromatic N) is 2. The molecule has 0 saturated carbocycles. The highest BCUT2D eigenvalue weighted by atomic mass is 32.2. The normalized spacial score (nSPS) is 14.8. The lowest BCUT2D eigenvalue weighted by molar-refractivity contribution is 0.352. The summed E-state index contributed by atoms with van der Waals surface area (Å²) in [5.41, 5.74) is 0. The maximum Gasteiger partial charge on any atom is 0.230 e. The van der Waals surface area contributed by atoms with Crippen LogP contribution in [0.4, 0.5) is 0 Å². The van der Waals surface area contributed by atoms with Crippen LogP contribution in [0.15, 0.2) is 4.52 Å². The van der Waals surface area contributed by atoms with Gasteiger partial charge in [-0.3, -0.25) is 0 Å². The van der Waals surface area contributed by atoms with Gasteiger partial charge in [-0.25, -0.2) is 0 Å². The van der Waals surface area contributed by atoms with Crippen molar-refractivity contribution >= 4 is 11.8 Å². The summed E-state index contributed by atoms with van der Waals surface area (Å²) in [6.45, 7) is 10.5. The van der Waals surface area contributed by atoms with Gasteiger partial charge in [-0.2, -0.15) is 16.7 Å². The van der Waals surface area contributed by atoms with E-state index in [9.17, 15) is 0 Å². The van der Waals surface area contributed by atoms with Gasteiger partial charge in [0.15, 0.2) is 5.82 Å². The molecule has 2 atom stereocenters. The van der Waals surface area contributed by atoms with E-state index >= 15 is 0 Å². The number of thioether (sulfide) groups is 1. The van der Waals surface area contributed by atoms with E-state index in [4.69, 9.17) is 4.52 Å². The van der Waals surface area contributed by atoms with E-state index in [0.29, 0.717) is 5.25 Å². The van der Waals surface area contributed by atoms with Gasteiger partial charge in [-0.05, 0) is 13.0 Å². The van der Waals surface area contributed by atoms with Gasteiger partial charge in [0.05, 0.1) is 5.75 Å². The number of aromatic nitrogens is 2. The molecular formula is C12H23N3OS. The van der Waals surface area contributed by atoms with Crippen molar-refractivity contribution < 1.29 is 4.52 Å². The summed E-state index contributed by atoms with van der Waals surface area (Å²) in [7, 11) is 0. The molecule has 5 heteroatoms. The Labute approximate surface area is 108 Å². The third kappa shape index (κ3) is 5.08. The summed E-state index contributed by atoms with van der Waals surface area (Å²) in [5, 5.41) is 7.95. The van der Waals surface area contributed by atoms with Crippen molar-refractivity contribution in [3.8, 4) is 0 Å². The predicted molar refractivity (Wildman–Crippen MR) is 72.3 cm³/mol. The Kier molecular flexibility index (Phi) is 6.58. The van der Waals surface area contributed by atoms with Crippen LogP contribution in [0.3, 0.4) is 0 Å². The molecule has 1 aromatic rings. The number of likely N-dealkylation sites (N-methyl/N-ethyl adjacent to an activating group) is 1. The topological polar surface area (TPSA) is 51.0 Å². The first kappa shape index (κ1) is 14.5. The first-order valence-corrected chi connectivity index (χ1v) is 7.37. The maximum atomic E-state index is 5.27. The zero-order chi connectivity index (χ0) is 12.7. The van der Waals surface area contributed by atoms with Gasteiger partial charge in [-0.1, -0.05) is 32.9 Å². The zero-order valence-electron chi connectivity index (χ0n) is 11.2. The van der Waals surface area contributed by atoms with Crippen LogP contribution < -0.4 is 5.32 Å². The summed E-state index contributed by atoms with van der Waals surface area (Å²) in [4.78, 5) is 4.43. The molecule has 0 bridgehead atoms. The molecule has 0 aromatic carbocycles. The molecule has 1 rings (SSSR count). The van der Waals surface area contributed by atoms with Gasteiger partial charge < -0.3 is 9.84 Å². The Bertz CT molecular complexity index is 316. The second-order valence-electron chi connectivity index (χ2n) is 4.29. The first-order chi connectivity index (χ1) is 8.17. The molecule has 0 aliphatic rings. The summed E-state index contributed by atoms with van der Waals surface area (Å²) >= 11 is 1.87. The van der Waals surface area contributed by atoms with Crippen LogP contribution in [0.25, 0.3) is 0 Å². The lowest BCUT2D eigenvalue weighted by Crippen LogP contribution is -2.19. The summed E-state index contributed by atoms with van der Waals surface area (Å²) in [6.07, 6.45) is 1.17. The molecule has 98 valence electrons. The van der Waals surface area contributed by atoms with Crippen molar-refractivity contribution in [3.05, 3.63) is 11.7 Å². The van der Waals surface area contributed by atoms with E-state index in [0.717, 1.165) is 30.6 Å². The lowest BCUT2D eigenvalue weighted by atomic mass is 10.2. The van der Waals surface area contributed by atoms with Crippen molar-refractivity contribution in [2.45, 2.75) is 51.0 Å². The number of hydrogen-bond donors (Lipinski definition) is 1. The predicted octanol–water partition coefficient (Wildman–Crippen LogP) is 2.81. The van der Waals surface area contributed by atoms with Crippen molar-refractivity contribution in [2.24, 2.45) is 0 Å². The minimum Gasteiger partial charge on any atom is -0.339 e. The van der Waals surface area contributed by atoms with Crippen molar-refractivity contribution in [2.75, 3.05) is 13.1 Å². The van der Waals surface area contributed by atoms with Gasteiger partial charge in [0, 0.05) is 17.7 Å². The lowest BCUT2D eigenvalue weighted by Gasteiger charge is -2.06. The molecule has 1 heterocycles.